The van der Waals surface area contributed by atoms with E-state index in [4.69, 9.17) is 0 Å². The lowest BCUT2D eigenvalue weighted by Gasteiger charge is -2.33. The molecule has 1 saturated heterocycles. The quantitative estimate of drug-likeness (QED) is 0.837. The molecule has 1 unspecified atom stereocenters. The highest BCUT2D eigenvalue weighted by molar-refractivity contribution is 5.14. The molecule has 3 nitrogen and oxygen atoms in total. The number of aliphatic hydroxyl groups is 1. The van der Waals surface area contributed by atoms with Gasteiger partial charge in [0.05, 0.1) is 5.60 Å². The number of benzene rings is 1. The number of nitrogens with zero attached hydrogens (tertiary/aromatic N) is 1. The Morgan fingerprint density at radius 2 is 2.05 bits per heavy atom. The lowest BCUT2D eigenvalue weighted by atomic mass is 10.0. The van der Waals surface area contributed by atoms with E-state index in [1.165, 1.54) is 24.9 Å². The normalized spacial score (nSPS) is 21.1. The maximum atomic E-state index is 9.74. The van der Waals surface area contributed by atoms with E-state index < -0.39 is 5.60 Å². The molecule has 2 rings (SSSR count). The van der Waals surface area contributed by atoms with Crippen LogP contribution in [0.3, 0.4) is 0 Å². The van der Waals surface area contributed by atoms with Crippen LogP contribution in [0.4, 0.5) is 0 Å². The molecule has 20 heavy (non-hydrogen) atoms. The van der Waals surface area contributed by atoms with E-state index in [0.29, 0.717) is 6.04 Å². The highest BCUT2D eigenvalue weighted by Gasteiger charge is 2.20. The van der Waals surface area contributed by atoms with Crippen LogP contribution in [-0.4, -0.2) is 41.3 Å². The molecule has 1 aliphatic heterocycles. The average Bonchev–Trinajstić information content (AvgIpc) is 2.39. The minimum absolute atomic E-state index is 0.564. The number of rotatable bonds is 6. The Morgan fingerprint density at radius 1 is 1.30 bits per heavy atom. The van der Waals surface area contributed by atoms with E-state index in [2.05, 4.69) is 40.5 Å². The van der Waals surface area contributed by atoms with Gasteiger partial charge in [0.2, 0.25) is 0 Å². The van der Waals surface area contributed by atoms with E-state index in [0.717, 1.165) is 26.1 Å². The van der Waals surface area contributed by atoms with Gasteiger partial charge in [0.15, 0.2) is 0 Å². The molecular formula is C17H28N2O. The van der Waals surface area contributed by atoms with Gasteiger partial charge in [-0.3, -0.25) is 4.90 Å². The fourth-order valence-electron chi connectivity index (χ4n) is 2.79. The fourth-order valence-corrected chi connectivity index (χ4v) is 2.79. The van der Waals surface area contributed by atoms with Gasteiger partial charge in [0.1, 0.15) is 0 Å². The van der Waals surface area contributed by atoms with Crippen molar-refractivity contribution < 1.29 is 5.11 Å². The molecule has 0 saturated carbocycles. The molecule has 1 aliphatic rings. The van der Waals surface area contributed by atoms with E-state index in [9.17, 15) is 5.11 Å². The van der Waals surface area contributed by atoms with Gasteiger partial charge in [0.25, 0.3) is 0 Å². The van der Waals surface area contributed by atoms with Crippen molar-refractivity contribution in [3.05, 3.63) is 35.9 Å². The van der Waals surface area contributed by atoms with Crippen molar-refractivity contribution >= 4 is 0 Å². The molecule has 3 heteroatoms. The molecular weight excluding hydrogens is 248 g/mol. The molecule has 1 atom stereocenters. The molecule has 0 bridgehead atoms. The van der Waals surface area contributed by atoms with Gasteiger partial charge in [-0.2, -0.15) is 0 Å². The summed E-state index contributed by atoms with van der Waals surface area (Å²) in [6.07, 6.45) is 3.31. The third kappa shape index (κ3) is 5.61. The van der Waals surface area contributed by atoms with Crippen molar-refractivity contribution in [2.24, 2.45) is 0 Å². The van der Waals surface area contributed by atoms with Crippen LogP contribution in [0.15, 0.2) is 30.3 Å². The topological polar surface area (TPSA) is 35.5 Å². The van der Waals surface area contributed by atoms with Gasteiger partial charge in [0, 0.05) is 19.1 Å². The van der Waals surface area contributed by atoms with Crippen LogP contribution in [0.2, 0.25) is 0 Å². The van der Waals surface area contributed by atoms with Crippen LogP contribution in [0.25, 0.3) is 0 Å². The number of piperidine rings is 1. The minimum Gasteiger partial charge on any atom is -0.390 e. The number of likely N-dealkylation sites (tertiary alicyclic amines) is 1. The van der Waals surface area contributed by atoms with Gasteiger partial charge in [-0.1, -0.05) is 30.3 Å². The Bertz CT molecular complexity index is 386. The lowest BCUT2D eigenvalue weighted by molar-refractivity contribution is 0.0687. The monoisotopic (exact) mass is 276 g/mol. The van der Waals surface area contributed by atoms with Gasteiger partial charge in [-0.05, 0) is 51.8 Å². The van der Waals surface area contributed by atoms with Crippen LogP contribution >= 0.6 is 0 Å². The van der Waals surface area contributed by atoms with E-state index in [1.807, 2.05) is 13.8 Å². The summed E-state index contributed by atoms with van der Waals surface area (Å²) < 4.78 is 0. The van der Waals surface area contributed by atoms with Crippen molar-refractivity contribution in [1.82, 2.24) is 10.2 Å². The zero-order chi connectivity index (χ0) is 14.4. The summed E-state index contributed by atoms with van der Waals surface area (Å²) in [6, 6.07) is 11.3. The summed E-state index contributed by atoms with van der Waals surface area (Å²) >= 11 is 0. The summed E-state index contributed by atoms with van der Waals surface area (Å²) in [6.45, 7) is 7.99. The van der Waals surface area contributed by atoms with Crippen molar-refractivity contribution in [1.29, 1.82) is 0 Å². The second-order valence-electron chi connectivity index (χ2n) is 6.58. The van der Waals surface area contributed by atoms with Crippen LogP contribution in [0.1, 0.15) is 38.7 Å². The van der Waals surface area contributed by atoms with E-state index >= 15 is 0 Å². The molecule has 0 radical (unpaired) electrons. The van der Waals surface area contributed by atoms with E-state index in [1.54, 1.807) is 0 Å². The molecule has 1 aromatic rings. The highest BCUT2D eigenvalue weighted by Crippen LogP contribution is 2.14. The average molecular weight is 276 g/mol. The van der Waals surface area contributed by atoms with Crippen molar-refractivity contribution in [2.45, 2.75) is 51.3 Å². The largest absolute Gasteiger partial charge is 0.390 e. The number of nitrogens with one attached hydrogen (secondary N) is 1. The summed E-state index contributed by atoms with van der Waals surface area (Å²) in [5.74, 6) is 0. The van der Waals surface area contributed by atoms with Gasteiger partial charge >= 0.3 is 0 Å². The second kappa shape index (κ2) is 7.21. The summed E-state index contributed by atoms with van der Waals surface area (Å²) in [5, 5.41) is 13.3. The standard InChI is InChI=1S/C17H28N2O/c1-17(2,20)10-11-18-16-9-6-12-19(14-16)13-15-7-4-3-5-8-15/h3-5,7-8,16,18,20H,6,9-14H2,1-2H3. The van der Waals surface area contributed by atoms with Crippen molar-refractivity contribution in [3.63, 3.8) is 0 Å². The van der Waals surface area contributed by atoms with Crippen molar-refractivity contribution in [2.75, 3.05) is 19.6 Å². The fraction of sp³-hybridized carbons (Fsp3) is 0.647. The molecule has 112 valence electrons. The number of hydrogen-bond acceptors (Lipinski definition) is 3. The Hall–Kier alpha value is -0.900. The first kappa shape index (κ1) is 15.5. The van der Waals surface area contributed by atoms with Crippen LogP contribution in [0, 0.1) is 0 Å². The Labute approximate surface area is 123 Å². The van der Waals surface area contributed by atoms with Crippen LogP contribution < -0.4 is 5.32 Å². The minimum atomic E-state index is -0.564. The van der Waals surface area contributed by atoms with E-state index in [-0.39, 0.29) is 0 Å². The summed E-state index contributed by atoms with van der Waals surface area (Å²) in [7, 11) is 0. The first-order valence-electron chi connectivity index (χ1n) is 7.75. The van der Waals surface area contributed by atoms with Crippen molar-refractivity contribution in [3.8, 4) is 0 Å². The van der Waals surface area contributed by atoms with Gasteiger partial charge < -0.3 is 10.4 Å². The van der Waals surface area contributed by atoms with Crippen LogP contribution in [-0.2, 0) is 6.54 Å². The zero-order valence-electron chi connectivity index (χ0n) is 12.8. The first-order valence-corrected chi connectivity index (χ1v) is 7.75. The summed E-state index contributed by atoms with van der Waals surface area (Å²) in [4.78, 5) is 2.53. The molecule has 2 N–H and O–H groups in total. The SMILES string of the molecule is CC(C)(O)CCNC1CCCN(Cc2ccccc2)C1. The predicted octanol–water partition coefficient (Wildman–Crippen LogP) is 2.40. The molecule has 1 fully saturated rings. The number of hydrogen-bond donors (Lipinski definition) is 2. The molecule has 0 aliphatic carbocycles. The third-order valence-corrected chi connectivity index (χ3v) is 3.92. The maximum Gasteiger partial charge on any atom is 0.0603 e. The molecule has 0 spiro atoms. The zero-order valence-corrected chi connectivity index (χ0v) is 12.8. The molecule has 0 amide bonds. The van der Waals surface area contributed by atoms with Gasteiger partial charge in [-0.25, -0.2) is 0 Å². The third-order valence-electron chi connectivity index (χ3n) is 3.92. The Morgan fingerprint density at radius 3 is 2.75 bits per heavy atom. The maximum absolute atomic E-state index is 9.74. The molecule has 1 heterocycles. The van der Waals surface area contributed by atoms with Gasteiger partial charge in [-0.15, -0.1) is 0 Å². The van der Waals surface area contributed by atoms with Crippen LogP contribution in [0.5, 0.6) is 0 Å². The summed E-state index contributed by atoms with van der Waals surface area (Å²) in [5.41, 5.74) is 0.829. The molecule has 0 aromatic heterocycles. The Balaban J connectivity index is 1.74. The highest BCUT2D eigenvalue weighted by atomic mass is 16.3. The molecule has 1 aromatic carbocycles. The Kier molecular flexibility index (Phi) is 5.58. The lowest BCUT2D eigenvalue weighted by Crippen LogP contribution is -2.46. The second-order valence-corrected chi connectivity index (χ2v) is 6.58. The smallest absolute Gasteiger partial charge is 0.0603 e. The predicted molar refractivity (Wildman–Crippen MR) is 83.7 cm³/mol. The first-order chi connectivity index (χ1) is 9.53.